The van der Waals surface area contributed by atoms with E-state index >= 15 is 0 Å². The van der Waals surface area contributed by atoms with Crippen molar-refractivity contribution in [2.75, 3.05) is 4.90 Å². The van der Waals surface area contributed by atoms with Gasteiger partial charge in [-0.2, -0.15) is 0 Å². The first kappa shape index (κ1) is 29.6. The lowest BCUT2D eigenvalue weighted by atomic mass is 9.81. The van der Waals surface area contributed by atoms with Crippen molar-refractivity contribution in [3.05, 3.63) is 190 Å². The molecule has 50 heavy (non-hydrogen) atoms. The zero-order valence-corrected chi connectivity index (χ0v) is 28.6. The van der Waals surface area contributed by atoms with Gasteiger partial charge in [-0.1, -0.05) is 115 Å². The van der Waals surface area contributed by atoms with E-state index in [1.165, 1.54) is 84.6 Å². The van der Waals surface area contributed by atoms with Gasteiger partial charge in [0.2, 0.25) is 0 Å². The molecular weight excluding hydrogens is 605 g/mol. The molecule has 0 bridgehead atoms. The average molecular weight is 647 g/mol. The van der Waals surface area contributed by atoms with Crippen LogP contribution in [0, 0.1) is 0 Å². The Morgan fingerprint density at radius 1 is 0.560 bits per heavy atom. The average Bonchev–Trinajstić information content (AvgIpc) is 3.71. The van der Waals surface area contributed by atoms with E-state index in [1.54, 1.807) is 0 Å². The van der Waals surface area contributed by atoms with Gasteiger partial charge in [0, 0.05) is 51.2 Å². The summed E-state index contributed by atoms with van der Waals surface area (Å²) in [7, 11) is 0. The van der Waals surface area contributed by atoms with Gasteiger partial charge < -0.3 is 9.47 Å². The van der Waals surface area contributed by atoms with Crippen LogP contribution in [0.3, 0.4) is 0 Å². The molecule has 2 nitrogen and oxygen atoms in total. The number of para-hydroxylation sites is 2. The van der Waals surface area contributed by atoms with E-state index in [2.05, 4.69) is 155 Å². The topological polar surface area (TPSA) is 8.17 Å². The van der Waals surface area contributed by atoms with Gasteiger partial charge in [-0.05, 0) is 121 Å². The molecule has 0 fully saturated rings. The van der Waals surface area contributed by atoms with Crippen LogP contribution in [0.2, 0.25) is 0 Å². The lowest BCUT2D eigenvalue weighted by Gasteiger charge is -2.31. The number of nitrogens with zero attached hydrogens (tertiary/aromatic N) is 2. The summed E-state index contributed by atoms with van der Waals surface area (Å²) in [5.74, 6) is 0.392. The maximum absolute atomic E-state index is 2.73. The molecule has 244 valence electrons. The van der Waals surface area contributed by atoms with Crippen molar-refractivity contribution in [2.24, 2.45) is 0 Å². The van der Waals surface area contributed by atoms with Crippen LogP contribution in [0.5, 0.6) is 0 Å². The SMILES string of the molecule is C1=C(C2=CC=C3C(C2)c2ccccc2N3C2=CC=C(c3ccccc3)CC2)CCc2c1c1ccccc1n2C1CC=C(c2ccccc2)CC1. The summed E-state index contributed by atoms with van der Waals surface area (Å²) in [5, 5.41) is 1.41. The number of aromatic nitrogens is 1. The molecule has 0 amide bonds. The Hall–Kier alpha value is -5.34. The first-order valence-corrected chi connectivity index (χ1v) is 18.6. The molecule has 1 aromatic heterocycles. The summed E-state index contributed by atoms with van der Waals surface area (Å²) in [5.41, 5.74) is 18.8. The molecule has 0 saturated heterocycles. The second-order valence-electron chi connectivity index (χ2n) is 14.6. The van der Waals surface area contributed by atoms with Crippen LogP contribution in [-0.2, 0) is 6.42 Å². The van der Waals surface area contributed by atoms with Crippen molar-refractivity contribution in [1.29, 1.82) is 0 Å². The third kappa shape index (κ3) is 4.92. The minimum absolute atomic E-state index is 0.392. The maximum atomic E-state index is 2.73. The minimum Gasteiger partial charge on any atom is -0.341 e. The number of fused-ring (bicyclic) bond motifs is 6. The fourth-order valence-corrected chi connectivity index (χ4v) is 9.48. The Labute approximate surface area is 295 Å². The number of hydrogen-bond donors (Lipinski definition) is 0. The molecule has 2 heterocycles. The van der Waals surface area contributed by atoms with Crippen LogP contribution in [-0.4, -0.2) is 4.57 Å². The van der Waals surface area contributed by atoms with Crippen molar-refractivity contribution in [1.82, 2.24) is 4.57 Å². The van der Waals surface area contributed by atoms with Crippen molar-refractivity contribution >= 4 is 33.8 Å². The molecule has 0 radical (unpaired) electrons. The highest BCUT2D eigenvalue weighted by atomic mass is 15.2. The Kier molecular flexibility index (Phi) is 7.22. The molecule has 5 aromatic rings. The van der Waals surface area contributed by atoms with Gasteiger partial charge in [-0.3, -0.25) is 0 Å². The van der Waals surface area contributed by atoms with Gasteiger partial charge in [0.25, 0.3) is 0 Å². The standard InChI is InChI=1S/C48H42N2/c1-3-11-33(12-4-1)35-19-25-39(26-20-35)49-45-17-9-7-15-41(45)43-31-37(23-29-47(43)49)38-24-30-48-44(32-38)42-16-8-10-18-46(42)50(48)40-27-21-36(22-28-40)34-13-5-2-6-14-34/h1-19,21,23,25,29,32,40,43H,20,22,24,26-28,30-31H2. The van der Waals surface area contributed by atoms with Gasteiger partial charge in [-0.15, -0.1) is 0 Å². The summed E-state index contributed by atoms with van der Waals surface area (Å²) in [6.45, 7) is 0. The van der Waals surface area contributed by atoms with E-state index in [1.807, 2.05) is 0 Å². The number of benzene rings is 4. The smallest absolute Gasteiger partial charge is 0.0494 e. The highest BCUT2D eigenvalue weighted by molar-refractivity contribution is 5.93. The molecule has 2 unspecified atom stereocenters. The fourth-order valence-electron chi connectivity index (χ4n) is 9.48. The van der Waals surface area contributed by atoms with Crippen LogP contribution >= 0.6 is 0 Å². The molecule has 2 heteroatoms. The lowest BCUT2D eigenvalue weighted by molar-refractivity contribution is 0.464. The predicted octanol–water partition coefficient (Wildman–Crippen LogP) is 12.4. The molecule has 0 saturated carbocycles. The van der Waals surface area contributed by atoms with E-state index in [-0.39, 0.29) is 0 Å². The molecule has 0 N–H and O–H groups in total. The zero-order valence-electron chi connectivity index (χ0n) is 28.6. The van der Waals surface area contributed by atoms with E-state index in [4.69, 9.17) is 0 Å². The second-order valence-corrected chi connectivity index (χ2v) is 14.6. The van der Waals surface area contributed by atoms with Crippen molar-refractivity contribution in [3.63, 3.8) is 0 Å². The van der Waals surface area contributed by atoms with Gasteiger partial charge in [0.05, 0.1) is 0 Å². The maximum Gasteiger partial charge on any atom is 0.0494 e. The third-order valence-electron chi connectivity index (χ3n) is 11.9. The summed E-state index contributed by atoms with van der Waals surface area (Å²) < 4.78 is 2.73. The number of hydrogen-bond acceptors (Lipinski definition) is 1. The summed E-state index contributed by atoms with van der Waals surface area (Å²) in [6, 6.07) is 40.6. The van der Waals surface area contributed by atoms with E-state index in [9.17, 15) is 0 Å². The highest BCUT2D eigenvalue weighted by Crippen LogP contribution is 2.52. The number of anilines is 1. The van der Waals surface area contributed by atoms with E-state index < -0.39 is 0 Å². The largest absolute Gasteiger partial charge is 0.341 e. The van der Waals surface area contributed by atoms with Gasteiger partial charge in [0.15, 0.2) is 0 Å². The number of allylic oxidation sites excluding steroid dienone is 11. The van der Waals surface area contributed by atoms with Crippen molar-refractivity contribution < 1.29 is 0 Å². The predicted molar refractivity (Wildman–Crippen MR) is 210 cm³/mol. The molecule has 1 aliphatic heterocycles. The third-order valence-corrected chi connectivity index (χ3v) is 11.9. The molecule has 2 atom stereocenters. The fraction of sp³-hybridized carbons (Fsp3) is 0.208. The Balaban J connectivity index is 0.977. The zero-order chi connectivity index (χ0) is 33.0. The summed E-state index contributed by atoms with van der Waals surface area (Å²) in [6.07, 6.45) is 23.5. The second kappa shape index (κ2) is 12.2. The highest BCUT2D eigenvalue weighted by Gasteiger charge is 2.38. The van der Waals surface area contributed by atoms with Gasteiger partial charge >= 0.3 is 0 Å². The summed E-state index contributed by atoms with van der Waals surface area (Å²) in [4.78, 5) is 2.58. The van der Waals surface area contributed by atoms with Crippen LogP contribution in [0.4, 0.5) is 5.69 Å². The minimum atomic E-state index is 0.392. The first-order chi connectivity index (χ1) is 24.8. The molecule has 0 spiro atoms. The monoisotopic (exact) mass is 646 g/mol. The van der Waals surface area contributed by atoms with E-state index in [0.717, 1.165) is 44.9 Å². The quantitative estimate of drug-likeness (QED) is 0.184. The van der Waals surface area contributed by atoms with Crippen LogP contribution in [0.1, 0.15) is 84.9 Å². The molecule has 5 aliphatic rings. The molecule has 4 aromatic carbocycles. The van der Waals surface area contributed by atoms with Crippen molar-refractivity contribution in [3.8, 4) is 0 Å². The molecular formula is C48H42N2. The lowest BCUT2D eigenvalue weighted by Crippen LogP contribution is -2.22. The van der Waals surface area contributed by atoms with E-state index in [0.29, 0.717) is 12.0 Å². The van der Waals surface area contributed by atoms with Crippen LogP contribution in [0.15, 0.2) is 162 Å². The van der Waals surface area contributed by atoms with Crippen molar-refractivity contribution in [2.45, 2.75) is 63.3 Å². The summed E-state index contributed by atoms with van der Waals surface area (Å²) >= 11 is 0. The van der Waals surface area contributed by atoms with Gasteiger partial charge in [-0.25, -0.2) is 0 Å². The van der Waals surface area contributed by atoms with Gasteiger partial charge in [0.1, 0.15) is 0 Å². The molecule has 4 aliphatic carbocycles. The Morgan fingerprint density at radius 2 is 1.28 bits per heavy atom. The Morgan fingerprint density at radius 3 is 2.06 bits per heavy atom. The van der Waals surface area contributed by atoms with Crippen LogP contribution in [0.25, 0.3) is 28.1 Å². The Bertz CT molecular complexity index is 2320. The first-order valence-electron chi connectivity index (χ1n) is 18.6. The number of rotatable bonds is 5. The molecule has 10 rings (SSSR count). The normalized spacial score (nSPS) is 21.2. The van der Waals surface area contributed by atoms with Crippen LogP contribution < -0.4 is 4.90 Å².